The first-order valence-electron chi connectivity index (χ1n) is 8.29. The van der Waals surface area contributed by atoms with Gasteiger partial charge in [0.05, 0.1) is 0 Å². The van der Waals surface area contributed by atoms with Gasteiger partial charge in [-0.25, -0.2) is 0 Å². The molecule has 1 aliphatic rings. The van der Waals surface area contributed by atoms with Gasteiger partial charge >= 0.3 is 6.61 Å². The van der Waals surface area contributed by atoms with Gasteiger partial charge in [-0.15, -0.1) is 0 Å². The molecule has 0 radical (unpaired) electrons. The fraction of sp³-hybridized carbons (Fsp3) is 0.316. The topological polar surface area (TPSA) is 56.8 Å². The quantitative estimate of drug-likeness (QED) is 0.782. The van der Waals surface area contributed by atoms with Gasteiger partial charge in [0.2, 0.25) is 12.7 Å². The van der Waals surface area contributed by atoms with Crippen molar-refractivity contribution in [1.82, 2.24) is 5.32 Å². The van der Waals surface area contributed by atoms with E-state index in [0.29, 0.717) is 25.8 Å². The number of hydrogen-bond donors (Lipinski definition) is 1. The number of amides is 1. The molecule has 2 aromatic carbocycles. The summed E-state index contributed by atoms with van der Waals surface area (Å²) in [4.78, 5) is 11.9. The highest BCUT2D eigenvalue weighted by Crippen LogP contribution is 2.32. The first-order chi connectivity index (χ1) is 12.6. The Kier molecular flexibility index (Phi) is 5.88. The summed E-state index contributed by atoms with van der Waals surface area (Å²) < 4.78 is 39.1. The molecule has 7 heteroatoms. The lowest BCUT2D eigenvalue weighted by molar-refractivity contribution is -0.121. The number of fused-ring (bicyclic) bond motifs is 1. The molecule has 1 heterocycles. The molecule has 3 rings (SSSR count). The molecule has 0 aromatic heterocycles. The minimum atomic E-state index is -2.84. The first kappa shape index (κ1) is 18.0. The van der Waals surface area contributed by atoms with E-state index in [9.17, 15) is 13.6 Å². The Balaban J connectivity index is 1.37. The minimum Gasteiger partial charge on any atom is -0.454 e. The molecule has 0 spiro atoms. The SMILES string of the molecule is O=C(CCc1ccc(OC(F)F)cc1)NCCc1ccc2c(c1)OCO2. The smallest absolute Gasteiger partial charge is 0.387 e. The molecule has 2 aromatic rings. The molecule has 0 bridgehead atoms. The summed E-state index contributed by atoms with van der Waals surface area (Å²) in [6.07, 6.45) is 1.56. The zero-order valence-corrected chi connectivity index (χ0v) is 14.0. The van der Waals surface area contributed by atoms with Crippen molar-refractivity contribution in [2.75, 3.05) is 13.3 Å². The predicted octanol–water partition coefficient (Wildman–Crippen LogP) is 3.31. The molecule has 0 saturated heterocycles. The predicted molar refractivity (Wildman–Crippen MR) is 90.7 cm³/mol. The Morgan fingerprint density at radius 3 is 2.54 bits per heavy atom. The van der Waals surface area contributed by atoms with E-state index < -0.39 is 6.61 Å². The standard InChI is InChI=1S/C19H19F2NO4/c20-19(21)26-15-5-1-13(2-6-15)4-8-18(23)22-10-9-14-3-7-16-17(11-14)25-12-24-16/h1-3,5-7,11,19H,4,8-10,12H2,(H,22,23). The fourth-order valence-corrected chi connectivity index (χ4v) is 2.63. The molecule has 0 saturated carbocycles. The molecule has 1 aliphatic heterocycles. The van der Waals surface area contributed by atoms with Gasteiger partial charge in [0.25, 0.3) is 0 Å². The second-order valence-electron chi connectivity index (χ2n) is 5.81. The van der Waals surface area contributed by atoms with Crippen LogP contribution in [0.5, 0.6) is 17.2 Å². The van der Waals surface area contributed by atoms with Crippen molar-refractivity contribution < 1.29 is 27.8 Å². The summed E-state index contributed by atoms with van der Waals surface area (Å²) in [5, 5.41) is 2.87. The maximum absolute atomic E-state index is 12.1. The normalized spacial score (nSPS) is 12.3. The Morgan fingerprint density at radius 1 is 1.04 bits per heavy atom. The van der Waals surface area contributed by atoms with Crippen molar-refractivity contribution in [3.8, 4) is 17.2 Å². The molecule has 0 fully saturated rings. The van der Waals surface area contributed by atoms with Crippen molar-refractivity contribution >= 4 is 5.91 Å². The molecule has 26 heavy (non-hydrogen) atoms. The van der Waals surface area contributed by atoms with Crippen molar-refractivity contribution in [2.45, 2.75) is 25.9 Å². The first-order valence-corrected chi connectivity index (χ1v) is 8.29. The maximum atomic E-state index is 12.1. The Hall–Kier alpha value is -2.83. The largest absolute Gasteiger partial charge is 0.454 e. The summed E-state index contributed by atoms with van der Waals surface area (Å²) >= 11 is 0. The second-order valence-corrected chi connectivity index (χ2v) is 5.81. The van der Waals surface area contributed by atoms with E-state index in [0.717, 1.165) is 22.6 Å². The Labute approximate surface area is 149 Å². The third kappa shape index (κ3) is 5.08. The van der Waals surface area contributed by atoms with E-state index in [2.05, 4.69) is 10.1 Å². The van der Waals surface area contributed by atoms with Gasteiger partial charge in [-0.1, -0.05) is 18.2 Å². The van der Waals surface area contributed by atoms with Crippen LogP contribution in [0.15, 0.2) is 42.5 Å². The zero-order chi connectivity index (χ0) is 18.4. The van der Waals surface area contributed by atoms with Crippen LogP contribution >= 0.6 is 0 Å². The van der Waals surface area contributed by atoms with Gasteiger partial charge < -0.3 is 19.5 Å². The number of halogens is 2. The van der Waals surface area contributed by atoms with Crippen LogP contribution < -0.4 is 19.5 Å². The summed E-state index contributed by atoms with van der Waals surface area (Å²) in [6, 6.07) is 12.0. The highest BCUT2D eigenvalue weighted by atomic mass is 19.3. The molecule has 5 nitrogen and oxygen atoms in total. The van der Waals surface area contributed by atoms with Crippen molar-refractivity contribution in [3.63, 3.8) is 0 Å². The van der Waals surface area contributed by atoms with Gasteiger partial charge in [-0.2, -0.15) is 8.78 Å². The number of hydrogen-bond acceptors (Lipinski definition) is 4. The molecule has 1 N–H and O–H groups in total. The highest BCUT2D eigenvalue weighted by molar-refractivity contribution is 5.76. The van der Waals surface area contributed by atoms with Gasteiger partial charge in [0, 0.05) is 13.0 Å². The van der Waals surface area contributed by atoms with Crippen molar-refractivity contribution in [1.29, 1.82) is 0 Å². The van der Waals surface area contributed by atoms with Crippen LogP contribution in [0.3, 0.4) is 0 Å². The van der Waals surface area contributed by atoms with E-state index >= 15 is 0 Å². The fourth-order valence-electron chi connectivity index (χ4n) is 2.63. The minimum absolute atomic E-state index is 0.0568. The van der Waals surface area contributed by atoms with Crippen molar-refractivity contribution in [3.05, 3.63) is 53.6 Å². The van der Waals surface area contributed by atoms with E-state index in [1.165, 1.54) is 12.1 Å². The van der Waals surface area contributed by atoms with Crippen molar-refractivity contribution in [2.24, 2.45) is 0 Å². The molecule has 138 valence electrons. The van der Waals surface area contributed by atoms with E-state index in [-0.39, 0.29) is 18.4 Å². The van der Waals surface area contributed by atoms with E-state index in [1.807, 2.05) is 18.2 Å². The molecule has 0 atom stereocenters. The summed E-state index contributed by atoms with van der Waals surface area (Å²) in [7, 11) is 0. The number of nitrogens with one attached hydrogen (secondary N) is 1. The molecule has 1 amide bonds. The lowest BCUT2D eigenvalue weighted by Gasteiger charge is -2.07. The van der Waals surface area contributed by atoms with Gasteiger partial charge in [-0.3, -0.25) is 4.79 Å². The number of alkyl halides is 2. The van der Waals surface area contributed by atoms with Crippen LogP contribution in [0, 0.1) is 0 Å². The van der Waals surface area contributed by atoms with Gasteiger partial charge in [0.1, 0.15) is 5.75 Å². The third-order valence-corrected chi connectivity index (χ3v) is 3.96. The zero-order valence-electron chi connectivity index (χ0n) is 14.0. The second kappa shape index (κ2) is 8.51. The number of rotatable bonds is 8. The Bertz CT molecular complexity index is 750. The monoisotopic (exact) mass is 363 g/mol. The number of carbonyl (C=O) groups is 1. The summed E-state index contributed by atoms with van der Waals surface area (Å²) in [5.74, 6) is 1.52. The molecular formula is C19H19F2NO4. The Morgan fingerprint density at radius 2 is 1.77 bits per heavy atom. The highest BCUT2D eigenvalue weighted by Gasteiger charge is 2.13. The number of carbonyl (C=O) groups excluding carboxylic acids is 1. The van der Waals surface area contributed by atoms with Crippen LogP contribution in [0.1, 0.15) is 17.5 Å². The summed E-state index contributed by atoms with van der Waals surface area (Å²) in [5.41, 5.74) is 1.95. The molecular weight excluding hydrogens is 344 g/mol. The van der Waals surface area contributed by atoms with Crippen LogP contribution in [0.4, 0.5) is 8.78 Å². The summed E-state index contributed by atoms with van der Waals surface area (Å²) in [6.45, 7) is -2.07. The van der Waals surface area contributed by atoms with Crippen LogP contribution in [0.2, 0.25) is 0 Å². The lowest BCUT2D eigenvalue weighted by atomic mass is 10.1. The third-order valence-electron chi connectivity index (χ3n) is 3.96. The van der Waals surface area contributed by atoms with Crippen LogP contribution in [0.25, 0.3) is 0 Å². The lowest BCUT2D eigenvalue weighted by Crippen LogP contribution is -2.25. The van der Waals surface area contributed by atoms with Gasteiger partial charge in [-0.05, 0) is 48.2 Å². The number of aryl methyl sites for hydroxylation is 1. The van der Waals surface area contributed by atoms with Gasteiger partial charge in [0.15, 0.2) is 11.5 Å². The maximum Gasteiger partial charge on any atom is 0.387 e. The molecule has 0 unspecified atom stereocenters. The van der Waals surface area contributed by atoms with E-state index in [4.69, 9.17) is 9.47 Å². The molecule has 0 aliphatic carbocycles. The van der Waals surface area contributed by atoms with Crippen LogP contribution in [-0.4, -0.2) is 25.9 Å². The van der Waals surface area contributed by atoms with Crippen LogP contribution in [-0.2, 0) is 17.6 Å². The number of benzene rings is 2. The van der Waals surface area contributed by atoms with E-state index in [1.54, 1.807) is 12.1 Å². The average molecular weight is 363 g/mol. The average Bonchev–Trinajstić information content (AvgIpc) is 3.08. The number of ether oxygens (including phenoxy) is 3.